The van der Waals surface area contributed by atoms with Crippen molar-refractivity contribution in [2.24, 2.45) is 0 Å². The molecule has 0 bridgehead atoms. The van der Waals surface area contributed by atoms with E-state index in [9.17, 15) is 0 Å². The second kappa shape index (κ2) is 4.64. The van der Waals surface area contributed by atoms with Crippen molar-refractivity contribution in [3.63, 3.8) is 0 Å². The van der Waals surface area contributed by atoms with E-state index in [1.165, 1.54) is 5.56 Å². The van der Waals surface area contributed by atoms with Gasteiger partial charge in [-0.2, -0.15) is 0 Å². The number of hydrogen-bond donors (Lipinski definition) is 1. The largest absolute Gasteiger partial charge is 0.379 e. The molecule has 0 aromatic heterocycles. The van der Waals surface area contributed by atoms with E-state index in [4.69, 9.17) is 4.74 Å². The van der Waals surface area contributed by atoms with E-state index in [-0.39, 0.29) is 5.41 Å². The Hall–Kier alpha value is -0.380. The minimum absolute atomic E-state index is 0.205. The monoisotopic (exact) mass is 269 g/mol. The van der Waals surface area contributed by atoms with Gasteiger partial charge in [0.2, 0.25) is 0 Å². The quantitative estimate of drug-likeness (QED) is 0.906. The highest BCUT2D eigenvalue weighted by Crippen LogP contribution is 2.32. The standard InChI is InChI=1S/C12H16BrNO/c1-2-14-7-12(8-15-9-12)10-3-5-11(13)6-4-10/h3-6,14H,2,7-9H2,1H3. The van der Waals surface area contributed by atoms with Crippen LogP contribution in [0.5, 0.6) is 0 Å². The summed E-state index contributed by atoms with van der Waals surface area (Å²) in [4.78, 5) is 0. The van der Waals surface area contributed by atoms with Gasteiger partial charge in [0.25, 0.3) is 0 Å². The Bertz CT molecular complexity index is 319. The number of hydrogen-bond acceptors (Lipinski definition) is 2. The first-order chi connectivity index (χ1) is 7.27. The second-order valence-corrected chi connectivity index (χ2v) is 4.98. The van der Waals surface area contributed by atoms with Gasteiger partial charge < -0.3 is 10.1 Å². The molecule has 2 rings (SSSR count). The molecule has 1 aromatic rings. The van der Waals surface area contributed by atoms with Crippen LogP contribution in [-0.4, -0.2) is 26.3 Å². The summed E-state index contributed by atoms with van der Waals surface area (Å²) < 4.78 is 6.50. The fourth-order valence-electron chi connectivity index (χ4n) is 1.89. The highest BCUT2D eigenvalue weighted by molar-refractivity contribution is 9.10. The van der Waals surface area contributed by atoms with Crippen molar-refractivity contribution in [1.29, 1.82) is 0 Å². The molecule has 1 aliphatic rings. The molecular formula is C12H16BrNO. The first-order valence-electron chi connectivity index (χ1n) is 5.31. The summed E-state index contributed by atoms with van der Waals surface area (Å²) in [5.41, 5.74) is 1.58. The normalized spacial score (nSPS) is 18.5. The Morgan fingerprint density at radius 2 is 2.00 bits per heavy atom. The number of ether oxygens (including phenoxy) is 1. The van der Waals surface area contributed by atoms with E-state index in [1.807, 2.05) is 0 Å². The predicted octanol–water partition coefficient (Wildman–Crippen LogP) is 2.33. The zero-order chi connectivity index (χ0) is 10.7. The van der Waals surface area contributed by atoms with Crippen LogP contribution in [0.25, 0.3) is 0 Å². The minimum Gasteiger partial charge on any atom is -0.379 e. The molecule has 1 aromatic carbocycles. The molecule has 2 nitrogen and oxygen atoms in total. The smallest absolute Gasteiger partial charge is 0.0598 e. The van der Waals surface area contributed by atoms with Crippen molar-refractivity contribution in [3.05, 3.63) is 34.3 Å². The summed E-state index contributed by atoms with van der Waals surface area (Å²) in [6.07, 6.45) is 0. The van der Waals surface area contributed by atoms with Crippen molar-refractivity contribution < 1.29 is 4.74 Å². The maximum absolute atomic E-state index is 5.37. The molecule has 0 spiro atoms. The maximum Gasteiger partial charge on any atom is 0.0598 e. The van der Waals surface area contributed by atoms with E-state index in [2.05, 4.69) is 52.4 Å². The summed E-state index contributed by atoms with van der Waals surface area (Å²) in [6.45, 7) is 5.82. The highest BCUT2D eigenvalue weighted by Gasteiger charge is 2.39. The molecule has 3 heteroatoms. The topological polar surface area (TPSA) is 21.3 Å². The van der Waals surface area contributed by atoms with Crippen LogP contribution in [-0.2, 0) is 10.2 Å². The van der Waals surface area contributed by atoms with Gasteiger partial charge >= 0.3 is 0 Å². The summed E-state index contributed by atoms with van der Waals surface area (Å²) in [5, 5.41) is 3.41. The van der Waals surface area contributed by atoms with Crippen LogP contribution >= 0.6 is 15.9 Å². The molecule has 1 N–H and O–H groups in total. The second-order valence-electron chi connectivity index (χ2n) is 4.06. The summed E-state index contributed by atoms with van der Waals surface area (Å²) >= 11 is 3.46. The molecule has 1 heterocycles. The number of benzene rings is 1. The van der Waals surface area contributed by atoms with Crippen LogP contribution < -0.4 is 5.32 Å². The van der Waals surface area contributed by atoms with E-state index < -0.39 is 0 Å². The van der Waals surface area contributed by atoms with Crippen LogP contribution in [0, 0.1) is 0 Å². The SMILES string of the molecule is CCNCC1(c2ccc(Br)cc2)COC1. The van der Waals surface area contributed by atoms with E-state index in [0.717, 1.165) is 30.8 Å². The van der Waals surface area contributed by atoms with Gasteiger partial charge in [-0.15, -0.1) is 0 Å². The number of halogens is 1. The van der Waals surface area contributed by atoms with Gasteiger partial charge in [-0.1, -0.05) is 35.0 Å². The lowest BCUT2D eigenvalue weighted by Crippen LogP contribution is -2.53. The molecule has 0 aliphatic carbocycles. The molecular weight excluding hydrogens is 254 g/mol. The molecule has 82 valence electrons. The predicted molar refractivity (Wildman–Crippen MR) is 65.2 cm³/mol. The van der Waals surface area contributed by atoms with E-state index in [1.54, 1.807) is 0 Å². The van der Waals surface area contributed by atoms with Crippen molar-refractivity contribution in [2.75, 3.05) is 26.3 Å². The van der Waals surface area contributed by atoms with Crippen LogP contribution in [0.4, 0.5) is 0 Å². The fourth-order valence-corrected chi connectivity index (χ4v) is 2.15. The summed E-state index contributed by atoms with van der Waals surface area (Å²) in [5.74, 6) is 0. The lowest BCUT2D eigenvalue weighted by atomic mass is 9.78. The van der Waals surface area contributed by atoms with Gasteiger partial charge in [0.1, 0.15) is 0 Å². The Balaban J connectivity index is 2.14. The van der Waals surface area contributed by atoms with Gasteiger partial charge in [0.05, 0.1) is 18.6 Å². The molecule has 0 saturated carbocycles. The number of likely N-dealkylation sites (N-methyl/N-ethyl adjacent to an activating group) is 1. The summed E-state index contributed by atoms with van der Waals surface area (Å²) in [7, 11) is 0. The molecule has 1 aliphatic heterocycles. The first-order valence-corrected chi connectivity index (χ1v) is 6.11. The van der Waals surface area contributed by atoms with E-state index in [0.29, 0.717) is 0 Å². The zero-order valence-electron chi connectivity index (χ0n) is 8.92. The van der Waals surface area contributed by atoms with Gasteiger partial charge in [0, 0.05) is 11.0 Å². The Labute approximate surface area is 99.1 Å². The molecule has 0 radical (unpaired) electrons. The lowest BCUT2D eigenvalue weighted by molar-refractivity contribution is -0.0588. The maximum atomic E-state index is 5.37. The molecule has 1 fully saturated rings. The van der Waals surface area contributed by atoms with Crippen molar-refractivity contribution in [2.45, 2.75) is 12.3 Å². The van der Waals surface area contributed by atoms with Gasteiger partial charge in [0.15, 0.2) is 0 Å². The van der Waals surface area contributed by atoms with Gasteiger partial charge in [-0.05, 0) is 24.2 Å². The van der Waals surface area contributed by atoms with Crippen molar-refractivity contribution in [1.82, 2.24) is 5.32 Å². The Morgan fingerprint density at radius 1 is 1.33 bits per heavy atom. The third kappa shape index (κ3) is 2.25. The summed E-state index contributed by atoms with van der Waals surface area (Å²) in [6, 6.07) is 8.57. The van der Waals surface area contributed by atoms with Crippen LogP contribution in [0.15, 0.2) is 28.7 Å². The van der Waals surface area contributed by atoms with Crippen molar-refractivity contribution in [3.8, 4) is 0 Å². The van der Waals surface area contributed by atoms with Gasteiger partial charge in [-0.3, -0.25) is 0 Å². The fraction of sp³-hybridized carbons (Fsp3) is 0.500. The van der Waals surface area contributed by atoms with Gasteiger partial charge in [-0.25, -0.2) is 0 Å². The Morgan fingerprint density at radius 3 is 2.47 bits per heavy atom. The molecule has 0 unspecified atom stereocenters. The van der Waals surface area contributed by atoms with E-state index >= 15 is 0 Å². The molecule has 15 heavy (non-hydrogen) atoms. The average molecular weight is 270 g/mol. The molecule has 0 atom stereocenters. The lowest BCUT2D eigenvalue weighted by Gasteiger charge is -2.42. The van der Waals surface area contributed by atoms with Crippen molar-refractivity contribution >= 4 is 15.9 Å². The minimum atomic E-state index is 0.205. The highest BCUT2D eigenvalue weighted by atomic mass is 79.9. The van der Waals surface area contributed by atoms with Crippen LogP contribution in [0.1, 0.15) is 12.5 Å². The molecule has 1 saturated heterocycles. The average Bonchev–Trinajstić information content (AvgIpc) is 2.19. The zero-order valence-corrected chi connectivity index (χ0v) is 10.5. The molecule has 0 amide bonds. The number of rotatable bonds is 4. The Kier molecular flexibility index (Phi) is 3.44. The third-order valence-corrected chi connectivity index (χ3v) is 3.46. The number of nitrogens with one attached hydrogen (secondary N) is 1. The first kappa shape index (κ1) is 11.1. The van der Waals surface area contributed by atoms with Crippen LogP contribution in [0.3, 0.4) is 0 Å². The van der Waals surface area contributed by atoms with Crippen LogP contribution in [0.2, 0.25) is 0 Å². The third-order valence-electron chi connectivity index (χ3n) is 2.93.